The molecule has 234 valence electrons. The van der Waals surface area contributed by atoms with Gasteiger partial charge < -0.3 is 8.83 Å². The third kappa shape index (κ3) is 4.67. The van der Waals surface area contributed by atoms with E-state index in [9.17, 15) is 0 Å². The third-order valence-corrected chi connectivity index (χ3v) is 9.35. The van der Waals surface area contributed by atoms with Crippen LogP contribution in [-0.2, 0) is 0 Å². The van der Waals surface area contributed by atoms with Gasteiger partial charge in [0.1, 0.15) is 22.3 Å². The van der Waals surface area contributed by atoms with Gasteiger partial charge in [-0.15, -0.1) is 0 Å². The van der Waals surface area contributed by atoms with Crippen LogP contribution >= 0.6 is 0 Å². The number of furan rings is 2. The highest BCUT2D eigenvalue weighted by atomic mass is 16.3. The lowest BCUT2D eigenvalue weighted by Gasteiger charge is -2.08. The number of benzene rings is 7. The Bertz CT molecular complexity index is 2810. The molecule has 0 spiro atoms. The third-order valence-electron chi connectivity index (χ3n) is 9.35. The summed E-state index contributed by atoms with van der Waals surface area (Å²) < 4.78 is 13.1. The Hall–Kier alpha value is -6.85. The van der Waals surface area contributed by atoms with Crippen molar-refractivity contribution in [2.45, 2.75) is 0 Å². The van der Waals surface area contributed by atoms with Crippen LogP contribution in [0, 0.1) is 0 Å². The average molecular weight is 642 g/mol. The summed E-state index contributed by atoms with van der Waals surface area (Å²) in [5.41, 5.74) is 10.4. The Balaban J connectivity index is 1.09. The number of nitrogens with zero attached hydrogens (tertiary/aromatic N) is 3. The summed E-state index contributed by atoms with van der Waals surface area (Å²) >= 11 is 0. The zero-order valence-electron chi connectivity index (χ0n) is 26.7. The number of fused-ring (bicyclic) bond motifs is 6. The number of para-hydroxylation sites is 3. The standard InChI is InChI=1S/C45H27N3O2/c1-3-12-28(13-4-1)43-46-44(29-14-5-2-6-15-29)48-45(47-43)32-24-25-36-38-22-11-20-34(42(38)50-40(36)27-32)31-17-9-16-30(26-31)33-19-10-21-37-35-18-7-8-23-39(35)49-41(33)37/h1-27H. The van der Waals surface area contributed by atoms with E-state index < -0.39 is 0 Å². The second-order valence-electron chi connectivity index (χ2n) is 12.4. The van der Waals surface area contributed by atoms with Crippen molar-refractivity contribution >= 4 is 43.9 Å². The molecule has 0 aliphatic heterocycles. The molecule has 0 atom stereocenters. The molecular weight excluding hydrogens is 615 g/mol. The van der Waals surface area contributed by atoms with Crippen LogP contribution in [0.2, 0.25) is 0 Å². The molecule has 0 N–H and O–H groups in total. The quantitative estimate of drug-likeness (QED) is 0.187. The van der Waals surface area contributed by atoms with Gasteiger partial charge in [0.15, 0.2) is 17.5 Å². The molecule has 0 amide bonds. The van der Waals surface area contributed by atoms with Crippen LogP contribution in [0.3, 0.4) is 0 Å². The van der Waals surface area contributed by atoms with Crippen molar-refractivity contribution in [3.05, 3.63) is 164 Å². The van der Waals surface area contributed by atoms with Crippen molar-refractivity contribution in [2.75, 3.05) is 0 Å². The summed E-state index contributed by atoms with van der Waals surface area (Å²) in [7, 11) is 0. The maximum absolute atomic E-state index is 6.70. The van der Waals surface area contributed by atoms with Crippen molar-refractivity contribution in [3.8, 4) is 56.4 Å². The lowest BCUT2D eigenvalue weighted by molar-refractivity contribution is 0.670. The molecule has 0 unspecified atom stereocenters. The molecule has 0 radical (unpaired) electrons. The number of hydrogen-bond donors (Lipinski definition) is 0. The van der Waals surface area contributed by atoms with E-state index in [-0.39, 0.29) is 0 Å². The summed E-state index contributed by atoms with van der Waals surface area (Å²) in [6.07, 6.45) is 0. The molecule has 5 heteroatoms. The Labute approximate surface area is 287 Å². The fourth-order valence-corrected chi connectivity index (χ4v) is 6.93. The molecule has 0 saturated heterocycles. The van der Waals surface area contributed by atoms with Crippen LogP contribution in [0.4, 0.5) is 0 Å². The second kappa shape index (κ2) is 11.4. The molecule has 3 aromatic heterocycles. The van der Waals surface area contributed by atoms with Crippen LogP contribution in [-0.4, -0.2) is 15.0 Å². The minimum Gasteiger partial charge on any atom is -0.455 e. The SMILES string of the molecule is c1ccc(-c2nc(-c3ccccc3)nc(-c3ccc4c(c3)oc3c(-c5cccc(-c6cccc7c6oc6ccccc67)c5)cccc34)n2)cc1. The molecule has 50 heavy (non-hydrogen) atoms. The monoisotopic (exact) mass is 641 g/mol. The molecule has 0 aliphatic carbocycles. The van der Waals surface area contributed by atoms with E-state index in [0.29, 0.717) is 17.5 Å². The maximum Gasteiger partial charge on any atom is 0.164 e. The van der Waals surface area contributed by atoms with E-state index in [0.717, 1.165) is 82.8 Å². The highest BCUT2D eigenvalue weighted by Crippen LogP contribution is 2.40. The minimum atomic E-state index is 0.591. The zero-order chi connectivity index (χ0) is 33.0. The summed E-state index contributed by atoms with van der Waals surface area (Å²) in [6, 6.07) is 55.7. The van der Waals surface area contributed by atoms with Gasteiger partial charge in [0, 0.05) is 49.4 Å². The molecule has 10 rings (SSSR count). The van der Waals surface area contributed by atoms with Gasteiger partial charge in [0.05, 0.1) is 0 Å². The Morgan fingerprint density at radius 3 is 1.38 bits per heavy atom. The molecule has 3 heterocycles. The van der Waals surface area contributed by atoms with E-state index in [2.05, 4.69) is 84.9 Å². The molecule has 0 bridgehead atoms. The van der Waals surface area contributed by atoms with Gasteiger partial charge in [-0.25, -0.2) is 15.0 Å². The van der Waals surface area contributed by atoms with E-state index in [4.69, 9.17) is 23.8 Å². The lowest BCUT2D eigenvalue weighted by Crippen LogP contribution is -2.00. The summed E-state index contributed by atoms with van der Waals surface area (Å²) in [5.74, 6) is 1.84. The van der Waals surface area contributed by atoms with Crippen molar-refractivity contribution < 1.29 is 8.83 Å². The molecule has 0 fully saturated rings. The fourth-order valence-electron chi connectivity index (χ4n) is 6.93. The van der Waals surface area contributed by atoms with Gasteiger partial charge in [-0.2, -0.15) is 0 Å². The van der Waals surface area contributed by atoms with Crippen molar-refractivity contribution in [2.24, 2.45) is 0 Å². The first kappa shape index (κ1) is 28.2. The predicted octanol–water partition coefficient (Wildman–Crippen LogP) is 12.0. The molecular formula is C45H27N3O2. The zero-order valence-corrected chi connectivity index (χ0v) is 26.7. The Morgan fingerprint density at radius 2 is 0.760 bits per heavy atom. The normalized spacial score (nSPS) is 11.6. The van der Waals surface area contributed by atoms with Crippen molar-refractivity contribution in [1.29, 1.82) is 0 Å². The Morgan fingerprint density at radius 1 is 0.300 bits per heavy atom. The van der Waals surface area contributed by atoms with Crippen LogP contribution in [0.25, 0.3) is 100 Å². The predicted molar refractivity (Wildman–Crippen MR) is 202 cm³/mol. The van der Waals surface area contributed by atoms with Gasteiger partial charge in [0.2, 0.25) is 0 Å². The largest absolute Gasteiger partial charge is 0.455 e. The first-order valence-corrected chi connectivity index (χ1v) is 16.6. The number of aromatic nitrogens is 3. The molecule has 0 aliphatic rings. The summed E-state index contributed by atoms with van der Waals surface area (Å²) in [4.78, 5) is 14.7. The molecule has 7 aromatic carbocycles. The van der Waals surface area contributed by atoms with Crippen molar-refractivity contribution in [3.63, 3.8) is 0 Å². The van der Waals surface area contributed by atoms with E-state index in [1.807, 2.05) is 78.9 Å². The lowest BCUT2D eigenvalue weighted by atomic mass is 9.96. The first-order chi connectivity index (χ1) is 24.8. The van der Waals surface area contributed by atoms with Crippen LogP contribution < -0.4 is 0 Å². The van der Waals surface area contributed by atoms with Crippen LogP contribution in [0.15, 0.2) is 173 Å². The second-order valence-corrected chi connectivity index (χ2v) is 12.4. The van der Waals surface area contributed by atoms with Gasteiger partial charge in [-0.05, 0) is 35.4 Å². The molecule has 0 saturated carbocycles. The van der Waals surface area contributed by atoms with Gasteiger partial charge in [-0.1, -0.05) is 140 Å². The average Bonchev–Trinajstić information content (AvgIpc) is 3.77. The van der Waals surface area contributed by atoms with Crippen LogP contribution in [0.5, 0.6) is 0 Å². The smallest absolute Gasteiger partial charge is 0.164 e. The fraction of sp³-hybridized carbons (Fsp3) is 0. The minimum absolute atomic E-state index is 0.591. The van der Waals surface area contributed by atoms with E-state index >= 15 is 0 Å². The van der Waals surface area contributed by atoms with Crippen LogP contribution in [0.1, 0.15) is 0 Å². The maximum atomic E-state index is 6.70. The van der Waals surface area contributed by atoms with Gasteiger partial charge in [0.25, 0.3) is 0 Å². The van der Waals surface area contributed by atoms with E-state index in [1.54, 1.807) is 0 Å². The summed E-state index contributed by atoms with van der Waals surface area (Å²) in [5, 5.41) is 4.33. The topological polar surface area (TPSA) is 65.0 Å². The van der Waals surface area contributed by atoms with E-state index in [1.165, 1.54) is 0 Å². The number of hydrogen-bond acceptors (Lipinski definition) is 5. The number of rotatable bonds is 5. The first-order valence-electron chi connectivity index (χ1n) is 16.6. The molecule has 5 nitrogen and oxygen atoms in total. The Kier molecular flexibility index (Phi) is 6.42. The highest BCUT2D eigenvalue weighted by Gasteiger charge is 2.17. The molecule has 10 aromatic rings. The van der Waals surface area contributed by atoms with Gasteiger partial charge in [-0.3, -0.25) is 0 Å². The summed E-state index contributed by atoms with van der Waals surface area (Å²) in [6.45, 7) is 0. The highest BCUT2D eigenvalue weighted by molar-refractivity contribution is 6.11. The van der Waals surface area contributed by atoms with Crippen molar-refractivity contribution in [1.82, 2.24) is 15.0 Å². The van der Waals surface area contributed by atoms with Gasteiger partial charge >= 0.3 is 0 Å².